The summed E-state index contributed by atoms with van der Waals surface area (Å²) >= 11 is 0. The van der Waals surface area contributed by atoms with Crippen molar-refractivity contribution in [2.75, 3.05) is 26.2 Å². The molecule has 1 aromatic heterocycles. The highest BCUT2D eigenvalue weighted by Crippen LogP contribution is 2.22. The van der Waals surface area contributed by atoms with Gasteiger partial charge in [-0.25, -0.2) is 0 Å². The van der Waals surface area contributed by atoms with E-state index in [-0.39, 0.29) is 11.3 Å². The zero-order valence-corrected chi connectivity index (χ0v) is 12.1. The molecule has 1 aliphatic rings. The van der Waals surface area contributed by atoms with Crippen molar-refractivity contribution >= 4 is 5.91 Å². The fraction of sp³-hybridized carbons (Fsp3) is 0.600. The number of pyridine rings is 1. The molecule has 2 rings (SSSR count). The summed E-state index contributed by atoms with van der Waals surface area (Å²) in [5, 5.41) is 3.26. The van der Waals surface area contributed by atoms with Gasteiger partial charge in [0.25, 0.3) is 5.91 Å². The minimum Gasteiger partial charge on any atom is -0.336 e. The normalized spacial score (nSPS) is 16.5. The highest BCUT2D eigenvalue weighted by atomic mass is 16.2. The Kier molecular flexibility index (Phi) is 4.20. The second kappa shape index (κ2) is 5.70. The highest BCUT2D eigenvalue weighted by Gasteiger charge is 2.23. The van der Waals surface area contributed by atoms with Gasteiger partial charge in [-0.2, -0.15) is 0 Å². The maximum absolute atomic E-state index is 12.6. The first-order valence-corrected chi connectivity index (χ1v) is 6.91. The van der Waals surface area contributed by atoms with Crippen LogP contribution in [0.15, 0.2) is 18.3 Å². The van der Waals surface area contributed by atoms with Crippen molar-refractivity contribution in [3.05, 3.63) is 29.6 Å². The van der Waals surface area contributed by atoms with Gasteiger partial charge >= 0.3 is 0 Å². The average molecular weight is 261 g/mol. The Morgan fingerprint density at radius 3 is 2.68 bits per heavy atom. The zero-order chi connectivity index (χ0) is 13.9. The molecule has 2 heterocycles. The first kappa shape index (κ1) is 14.0. The Hall–Kier alpha value is -1.42. The minimum absolute atomic E-state index is 0.119. The molecule has 1 saturated heterocycles. The van der Waals surface area contributed by atoms with Crippen LogP contribution in [0.4, 0.5) is 0 Å². The van der Waals surface area contributed by atoms with Crippen LogP contribution in [0.5, 0.6) is 0 Å². The first-order chi connectivity index (χ1) is 8.97. The Morgan fingerprint density at radius 1 is 1.37 bits per heavy atom. The van der Waals surface area contributed by atoms with Crippen molar-refractivity contribution in [2.45, 2.75) is 27.2 Å². The van der Waals surface area contributed by atoms with Gasteiger partial charge in [0.2, 0.25) is 0 Å². The van der Waals surface area contributed by atoms with Crippen LogP contribution in [-0.4, -0.2) is 42.0 Å². The predicted octanol–water partition coefficient (Wildman–Crippen LogP) is 1.72. The third-order valence-electron chi connectivity index (χ3n) is 3.22. The topological polar surface area (TPSA) is 45.2 Å². The third-order valence-corrected chi connectivity index (χ3v) is 3.22. The van der Waals surface area contributed by atoms with Crippen molar-refractivity contribution in [1.82, 2.24) is 15.2 Å². The third kappa shape index (κ3) is 3.77. The molecule has 0 aliphatic carbocycles. The van der Waals surface area contributed by atoms with Crippen LogP contribution in [0.3, 0.4) is 0 Å². The summed E-state index contributed by atoms with van der Waals surface area (Å²) in [6.45, 7) is 9.81. The fourth-order valence-electron chi connectivity index (χ4n) is 2.31. The van der Waals surface area contributed by atoms with E-state index in [1.54, 1.807) is 6.20 Å². The Labute approximate surface area is 115 Å². The zero-order valence-electron chi connectivity index (χ0n) is 12.1. The summed E-state index contributed by atoms with van der Waals surface area (Å²) in [6.07, 6.45) is 2.59. The van der Waals surface area contributed by atoms with E-state index < -0.39 is 0 Å². The molecule has 0 atom stereocenters. The van der Waals surface area contributed by atoms with Gasteiger partial charge in [0.15, 0.2) is 0 Å². The number of hydrogen-bond donors (Lipinski definition) is 1. The molecule has 4 heteroatoms. The van der Waals surface area contributed by atoms with Crippen molar-refractivity contribution < 1.29 is 4.79 Å². The van der Waals surface area contributed by atoms with Gasteiger partial charge in [-0.05, 0) is 24.0 Å². The highest BCUT2D eigenvalue weighted by molar-refractivity contribution is 5.95. The SMILES string of the molecule is CC(C)(C)Cc1ncccc1C(=O)N1CCNCC1. The van der Waals surface area contributed by atoms with Crippen LogP contribution in [0.1, 0.15) is 36.8 Å². The van der Waals surface area contributed by atoms with E-state index in [1.165, 1.54) is 0 Å². The molecule has 0 bridgehead atoms. The van der Waals surface area contributed by atoms with Crippen LogP contribution in [0.2, 0.25) is 0 Å². The summed E-state index contributed by atoms with van der Waals surface area (Å²) in [6, 6.07) is 3.75. The fourth-order valence-corrected chi connectivity index (χ4v) is 2.31. The number of aromatic nitrogens is 1. The van der Waals surface area contributed by atoms with Gasteiger partial charge in [-0.3, -0.25) is 9.78 Å². The van der Waals surface area contributed by atoms with Crippen LogP contribution in [0, 0.1) is 5.41 Å². The number of hydrogen-bond acceptors (Lipinski definition) is 3. The molecular weight excluding hydrogens is 238 g/mol. The smallest absolute Gasteiger partial charge is 0.255 e. The van der Waals surface area contributed by atoms with E-state index >= 15 is 0 Å². The lowest BCUT2D eigenvalue weighted by molar-refractivity contribution is 0.0733. The number of piperazine rings is 1. The molecule has 0 unspecified atom stereocenters. The molecule has 1 aliphatic heterocycles. The number of carbonyl (C=O) groups excluding carboxylic acids is 1. The maximum Gasteiger partial charge on any atom is 0.255 e. The average Bonchev–Trinajstić information content (AvgIpc) is 2.38. The number of nitrogens with zero attached hydrogens (tertiary/aromatic N) is 2. The van der Waals surface area contributed by atoms with Crippen molar-refractivity contribution in [2.24, 2.45) is 5.41 Å². The maximum atomic E-state index is 12.6. The quantitative estimate of drug-likeness (QED) is 0.881. The van der Waals surface area contributed by atoms with Crippen LogP contribution >= 0.6 is 0 Å². The Bertz CT molecular complexity index is 445. The van der Waals surface area contributed by atoms with Gasteiger partial charge in [-0.1, -0.05) is 20.8 Å². The van der Waals surface area contributed by atoms with E-state index in [0.29, 0.717) is 0 Å². The number of nitrogens with one attached hydrogen (secondary N) is 1. The molecule has 0 radical (unpaired) electrons. The van der Waals surface area contributed by atoms with Crippen LogP contribution in [0.25, 0.3) is 0 Å². The number of carbonyl (C=O) groups is 1. The first-order valence-electron chi connectivity index (χ1n) is 6.91. The summed E-state index contributed by atoms with van der Waals surface area (Å²) in [5.41, 5.74) is 1.81. The monoisotopic (exact) mass is 261 g/mol. The van der Waals surface area contributed by atoms with Crippen molar-refractivity contribution in [1.29, 1.82) is 0 Å². The predicted molar refractivity (Wildman–Crippen MR) is 76.2 cm³/mol. The number of amides is 1. The molecule has 4 nitrogen and oxygen atoms in total. The second-order valence-corrected chi connectivity index (χ2v) is 6.28. The summed E-state index contributed by atoms with van der Waals surface area (Å²) in [5.74, 6) is 0.119. The van der Waals surface area contributed by atoms with E-state index in [2.05, 4.69) is 31.1 Å². The largest absolute Gasteiger partial charge is 0.336 e. The van der Waals surface area contributed by atoms with Crippen molar-refractivity contribution in [3.8, 4) is 0 Å². The Balaban J connectivity index is 2.21. The lowest BCUT2D eigenvalue weighted by Gasteiger charge is -2.28. The lowest BCUT2D eigenvalue weighted by Crippen LogP contribution is -2.46. The Morgan fingerprint density at radius 2 is 2.05 bits per heavy atom. The van der Waals surface area contributed by atoms with Gasteiger partial charge in [0.1, 0.15) is 0 Å². The van der Waals surface area contributed by atoms with E-state index in [1.807, 2.05) is 17.0 Å². The molecule has 1 fully saturated rings. The van der Waals surface area contributed by atoms with Gasteiger partial charge in [0.05, 0.1) is 11.3 Å². The van der Waals surface area contributed by atoms with Crippen LogP contribution < -0.4 is 5.32 Å². The summed E-state index contributed by atoms with van der Waals surface area (Å²) in [7, 11) is 0. The minimum atomic E-state index is 0.119. The lowest BCUT2D eigenvalue weighted by atomic mass is 9.88. The van der Waals surface area contributed by atoms with E-state index in [9.17, 15) is 4.79 Å². The molecule has 19 heavy (non-hydrogen) atoms. The van der Waals surface area contributed by atoms with Crippen molar-refractivity contribution in [3.63, 3.8) is 0 Å². The van der Waals surface area contributed by atoms with E-state index in [0.717, 1.165) is 43.9 Å². The van der Waals surface area contributed by atoms with Crippen LogP contribution in [-0.2, 0) is 6.42 Å². The molecular formula is C15H23N3O. The van der Waals surface area contributed by atoms with Gasteiger partial charge < -0.3 is 10.2 Å². The summed E-state index contributed by atoms with van der Waals surface area (Å²) < 4.78 is 0. The molecule has 1 aromatic rings. The van der Waals surface area contributed by atoms with Gasteiger partial charge in [-0.15, -0.1) is 0 Å². The molecule has 0 saturated carbocycles. The molecule has 1 N–H and O–H groups in total. The molecule has 0 aromatic carbocycles. The molecule has 1 amide bonds. The van der Waals surface area contributed by atoms with Gasteiger partial charge in [0, 0.05) is 32.4 Å². The molecule has 0 spiro atoms. The standard InChI is InChI=1S/C15H23N3O/c1-15(2,3)11-13-12(5-4-6-17-13)14(19)18-9-7-16-8-10-18/h4-6,16H,7-11H2,1-3H3. The second-order valence-electron chi connectivity index (χ2n) is 6.28. The summed E-state index contributed by atoms with van der Waals surface area (Å²) in [4.78, 5) is 18.9. The molecule has 104 valence electrons. The number of rotatable bonds is 2. The van der Waals surface area contributed by atoms with E-state index in [4.69, 9.17) is 0 Å².